The zero-order valence-electron chi connectivity index (χ0n) is 35.5. The monoisotopic (exact) mass is 803 g/mol. The molecule has 0 saturated heterocycles. The van der Waals surface area contributed by atoms with Crippen molar-refractivity contribution in [3.63, 3.8) is 0 Å². The Kier molecular flexibility index (Phi) is 8.49. The Morgan fingerprint density at radius 2 is 0.762 bits per heavy atom. The molecule has 2 aliphatic carbocycles. The molecule has 63 heavy (non-hydrogen) atoms. The van der Waals surface area contributed by atoms with E-state index in [2.05, 4.69) is 255 Å². The largest absolute Gasteiger partial charge is 0.310 e. The summed E-state index contributed by atoms with van der Waals surface area (Å²) in [5.41, 5.74) is 20.5. The molecule has 1 nitrogen and oxygen atoms in total. The van der Waals surface area contributed by atoms with Gasteiger partial charge in [-0.2, -0.15) is 0 Å². The van der Waals surface area contributed by atoms with E-state index in [0.29, 0.717) is 0 Å². The zero-order chi connectivity index (χ0) is 42.1. The molecule has 0 fully saturated rings. The fourth-order valence-electron chi connectivity index (χ4n) is 10.9. The summed E-state index contributed by atoms with van der Waals surface area (Å²) in [6, 6.07) is 87.8. The van der Waals surface area contributed by atoms with Crippen molar-refractivity contribution < 1.29 is 0 Å². The third-order valence-electron chi connectivity index (χ3n) is 13.9. The van der Waals surface area contributed by atoms with Crippen molar-refractivity contribution in [2.75, 3.05) is 4.90 Å². The second kappa shape index (κ2) is 14.4. The maximum atomic E-state index is 2.48. The summed E-state index contributed by atoms with van der Waals surface area (Å²) in [4.78, 5) is 2.48. The highest BCUT2D eigenvalue weighted by Gasteiger charge is 2.46. The van der Waals surface area contributed by atoms with Gasteiger partial charge in [-0.3, -0.25) is 0 Å². The standard InChI is InChI=1S/C62H45N/c1-61(2)58-39-47(46-30-29-43-19-12-13-20-44(43)37-46)31-34-54(58)55-35-32-51(40-59(55)61)63(50-26-16-21-45(38-50)42-17-6-3-7-18-42)52-33-36-56-53-27-14-15-28-57(53)62(60(56)41-52,48-22-8-4-9-23-48)49-24-10-5-11-25-49/h3-41H,1-2H3. The molecule has 10 aromatic carbocycles. The first-order valence-electron chi connectivity index (χ1n) is 22.1. The van der Waals surface area contributed by atoms with Crippen LogP contribution in [0, 0.1) is 0 Å². The van der Waals surface area contributed by atoms with Gasteiger partial charge >= 0.3 is 0 Å². The van der Waals surface area contributed by atoms with Gasteiger partial charge in [-0.1, -0.05) is 202 Å². The van der Waals surface area contributed by atoms with E-state index in [1.54, 1.807) is 0 Å². The topological polar surface area (TPSA) is 3.24 Å². The maximum absolute atomic E-state index is 2.48. The average molecular weight is 804 g/mol. The van der Waals surface area contributed by atoms with Crippen molar-refractivity contribution in [3.8, 4) is 44.5 Å². The van der Waals surface area contributed by atoms with Crippen molar-refractivity contribution in [3.05, 3.63) is 270 Å². The fraction of sp³-hybridized carbons (Fsp3) is 0.0645. The average Bonchev–Trinajstić information content (AvgIpc) is 3.77. The molecule has 2 aliphatic rings. The van der Waals surface area contributed by atoms with Crippen LogP contribution in [0.25, 0.3) is 55.3 Å². The minimum Gasteiger partial charge on any atom is -0.310 e. The lowest BCUT2D eigenvalue weighted by atomic mass is 9.67. The normalized spacial score (nSPS) is 13.8. The van der Waals surface area contributed by atoms with E-state index in [0.717, 1.165) is 17.1 Å². The molecule has 0 aromatic heterocycles. The Labute approximate surface area is 370 Å². The number of fused-ring (bicyclic) bond motifs is 7. The molecule has 0 spiro atoms. The third-order valence-corrected chi connectivity index (χ3v) is 13.9. The van der Waals surface area contributed by atoms with E-state index >= 15 is 0 Å². The van der Waals surface area contributed by atoms with Crippen LogP contribution in [0.4, 0.5) is 17.1 Å². The van der Waals surface area contributed by atoms with Crippen LogP contribution >= 0.6 is 0 Å². The van der Waals surface area contributed by atoms with Crippen molar-refractivity contribution in [1.29, 1.82) is 0 Å². The molecule has 0 saturated carbocycles. The van der Waals surface area contributed by atoms with Crippen LogP contribution in [0.5, 0.6) is 0 Å². The lowest BCUT2D eigenvalue weighted by Gasteiger charge is -2.35. The number of benzene rings is 10. The van der Waals surface area contributed by atoms with Gasteiger partial charge in [0.05, 0.1) is 5.41 Å². The van der Waals surface area contributed by atoms with Crippen LogP contribution in [0.3, 0.4) is 0 Å². The van der Waals surface area contributed by atoms with Crippen LogP contribution in [-0.2, 0) is 10.8 Å². The first kappa shape index (κ1) is 37.1. The Morgan fingerprint density at radius 3 is 1.48 bits per heavy atom. The van der Waals surface area contributed by atoms with Crippen molar-refractivity contribution in [1.82, 2.24) is 0 Å². The van der Waals surface area contributed by atoms with Gasteiger partial charge in [0.1, 0.15) is 0 Å². The fourth-order valence-corrected chi connectivity index (χ4v) is 10.9. The second-order valence-electron chi connectivity index (χ2n) is 17.7. The van der Waals surface area contributed by atoms with Crippen LogP contribution in [0.1, 0.15) is 47.2 Å². The van der Waals surface area contributed by atoms with Crippen molar-refractivity contribution in [2.45, 2.75) is 24.7 Å². The Bertz CT molecular complexity index is 3320. The van der Waals surface area contributed by atoms with Crippen LogP contribution < -0.4 is 4.90 Å². The molecule has 1 heteroatoms. The van der Waals surface area contributed by atoms with E-state index in [1.807, 2.05) is 0 Å². The number of rotatable bonds is 7. The Balaban J connectivity index is 1.05. The first-order chi connectivity index (χ1) is 31.0. The van der Waals surface area contributed by atoms with Gasteiger partial charge < -0.3 is 4.90 Å². The van der Waals surface area contributed by atoms with E-state index in [-0.39, 0.29) is 5.41 Å². The molecule has 10 aromatic rings. The van der Waals surface area contributed by atoms with E-state index in [9.17, 15) is 0 Å². The lowest BCUT2D eigenvalue weighted by Crippen LogP contribution is -2.28. The SMILES string of the molecule is CC1(C)c2cc(-c3ccc4ccccc4c3)ccc2-c2ccc(N(c3cccc(-c4ccccc4)c3)c3ccc4c(c3)C(c3ccccc3)(c3ccccc3)c3ccccc3-4)cc21. The van der Waals surface area contributed by atoms with E-state index in [4.69, 9.17) is 0 Å². The number of nitrogens with zero attached hydrogens (tertiary/aromatic N) is 1. The summed E-state index contributed by atoms with van der Waals surface area (Å²) in [7, 11) is 0. The lowest BCUT2D eigenvalue weighted by molar-refractivity contribution is 0.660. The highest BCUT2D eigenvalue weighted by atomic mass is 15.1. The van der Waals surface area contributed by atoms with Gasteiger partial charge in [0.15, 0.2) is 0 Å². The van der Waals surface area contributed by atoms with Crippen molar-refractivity contribution in [2.24, 2.45) is 0 Å². The predicted molar refractivity (Wildman–Crippen MR) is 264 cm³/mol. The number of hydrogen-bond acceptors (Lipinski definition) is 1. The third kappa shape index (κ3) is 5.77. The highest BCUT2D eigenvalue weighted by molar-refractivity contribution is 5.93. The summed E-state index contributed by atoms with van der Waals surface area (Å²) in [5.74, 6) is 0. The van der Waals surface area contributed by atoms with Gasteiger partial charge in [-0.15, -0.1) is 0 Å². The first-order valence-corrected chi connectivity index (χ1v) is 22.1. The van der Waals surface area contributed by atoms with Gasteiger partial charge in [0.25, 0.3) is 0 Å². The summed E-state index contributed by atoms with van der Waals surface area (Å²) < 4.78 is 0. The molecule has 298 valence electrons. The van der Waals surface area contributed by atoms with Gasteiger partial charge in [0.2, 0.25) is 0 Å². The minimum absolute atomic E-state index is 0.222. The van der Waals surface area contributed by atoms with Crippen LogP contribution in [-0.4, -0.2) is 0 Å². The summed E-state index contributed by atoms with van der Waals surface area (Å²) >= 11 is 0. The molecule has 0 amide bonds. The second-order valence-corrected chi connectivity index (χ2v) is 17.7. The molecular formula is C62H45N. The zero-order valence-corrected chi connectivity index (χ0v) is 35.5. The molecule has 0 bridgehead atoms. The van der Waals surface area contributed by atoms with Gasteiger partial charge in [-0.25, -0.2) is 0 Å². The van der Waals surface area contributed by atoms with E-state index < -0.39 is 5.41 Å². The van der Waals surface area contributed by atoms with E-state index in [1.165, 1.54) is 88.7 Å². The summed E-state index contributed by atoms with van der Waals surface area (Å²) in [6.45, 7) is 4.79. The van der Waals surface area contributed by atoms with Gasteiger partial charge in [-0.05, 0) is 137 Å². The Hall–Kier alpha value is -7.74. The molecular weight excluding hydrogens is 759 g/mol. The minimum atomic E-state index is -0.508. The maximum Gasteiger partial charge on any atom is 0.0714 e. The molecule has 0 aliphatic heterocycles. The van der Waals surface area contributed by atoms with Gasteiger partial charge in [0, 0.05) is 22.5 Å². The summed E-state index contributed by atoms with van der Waals surface area (Å²) in [6.07, 6.45) is 0. The predicted octanol–water partition coefficient (Wildman–Crippen LogP) is 16.3. The molecule has 0 heterocycles. The highest BCUT2D eigenvalue weighted by Crippen LogP contribution is 2.58. The molecule has 0 atom stereocenters. The smallest absolute Gasteiger partial charge is 0.0714 e. The number of anilines is 3. The van der Waals surface area contributed by atoms with Crippen LogP contribution in [0.2, 0.25) is 0 Å². The molecule has 0 unspecified atom stereocenters. The molecule has 0 N–H and O–H groups in total. The number of hydrogen-bond donors (Lipinski definition) is 0. The molecule has 0 radical (unpaired) electrons. The van der Waals surface area contributed by atoms with Crippen LogP contribution in [0.15, 0.2) is 237 Å². The summed E-state index contributed by atoms with van der Waals surface area (Å²) in [5, 5.41) is 2.53. The quantitative estimate of drug-likeness (QED) is 0.155. The molecule has 12 rings (SSSR count). The Morgan fingerprint density at radius 1 is 0.286 bits per heavy atom. The van der Waals surface area contributed by atoms with Crippen molar-refractivity contribution >= 4 is 27.8 Å².